The van der Waals surface area contributed by atoms with Crippen molar-refractivity contribution in [2.75, 3.05) is 19.9 Å². The summed E-state index contributed by atoms with van der Waals surface area (Å²) in [6.45, 7) is 2.94. The summed E-state index contributed by atoms with van der Waals surface area (Å²) >= 11 is 0. The van der Waals surface area contributed by atoms with Gasteiger partial charge in [-0.1, -0.05) is 13.0 Å². The van der Waals surface area contributed by atoms with Crippen LogP contribution in [-0.4, -0.2) is 37.6 Å². The summed E-state index contributed by atoms with van der Waals surface area (Å²) in [6.07, 6.45) is 3.03. The van der Waals surface area contributed by atoms with Gasteiger partial charge in [-0.2, -0.15) is 4.31 Å². The van der Waals surface area contributed by atoms with Crippen LogP contribution in [0, 0.1) is 0 Å². The molecule has 0 radical (unpaired) electrons. The third-order valence-electron chi connectivity index (χ3n) is 3.80. The van der Waals surface area contributed by atoms with Crippen LogP contribution in [0.2, 0.25) is 0 Å². The monoisotopic (exact) mass is 348 g/mol. The highest BCUT2D eigenvalue weighted by Gasteiger charge is 2.26. The molecule has 0 aliphatic carbocycles. The Kier molecular flexibility index (Phi) is 5.01. The summed E-state index contributed by atoms with van der Waals surface area (Å²) in [4.78, 5) is 4.48. The van der Waals surface area contributed by atoms with E-state index < -0.39 is 10.0 Å². The number of hydrogen-bond acceptors (Lipinski definition) is 5. The van der Waals surface area contributed by atoms with Gasteiger partial charge in [-0.25, -0.2) is 8.42 Å². The molecule has 0 atom stereocenters. The van der Waals surface area contributed by atoms with Crippen molar-refractivity contribution < 1.29 is 17.9 Å². The van der Waals surface area contributed by atoms with Gasteiger partial charge in [0, 0.05) is 37.5 Å². The van der Waals surface area contributed by atoms with Gasteiger partial charge < -0.3 is 9.47 Å². The number of aromatic nitrogens is 1. The molecule has 0 fully saturated rings. The Morgan fingerprint density at radius 3 is 2.71 bits per heavy atom. The first-order valence-corrected chi connectivity index (χ1v) is 9.35. The van der Waals surface area contributed by atoms with Crippen molar-refractivity contribution in [3.63, 3.8) is 0 Å². The van der Waals surface area contributed by atoms with E-state index in [9.17, 15) is 8.42 Å². The van der Waals surface area contributed by atoms with E-state index in [1.54, 1.807) is 18.3 Å². The zero-order chi connectivity index (χ0) is 17.0. The molecular weight excluding hydrogens is 328 g/mol. The summed E-state index contributed by atoms with van der Waals surface area (Å²) in [7, 11) is -3.58. The summed E-state index contributed by atoms with van der Waals surface area (Å²) < 4.78 is 37.9. The number of nitrogens with zero attached hydrogens (tertiary/aromatic N) is 2. The minimum atomic E-state index is -3.58. The molecule has 1 aromatic heterocycles. The van der Waals surface area contributed by atoms with Gasteiger partial charge in [-0.15, -0.1) is 0 Å². The van der Waals surface area contributed by atoms with Crippen molar-refractivity contribution >= 4 is 10.0 Å². The molecule has 128 valence electrons. The van der Waals surface area contributed by atoms with Crippen molar-refractivity contribution in [3.05, 3.63) is 48.3 Å². The predicted molar refractivity (Wildman–Crippen MR) is 89.6 cm³/mol. The van der Waals surface area contributed by atoms with Crippen LogP contribution < -0.4 is 9.47 Å². The maximum Gasteiger partial charge on any atom is 0.243 e. The van der Waals surface area contributed by atoms with E-state index in [1.807, 2.05) is 25.1 Å². The van der Waals surface area contributed by atoms with Crippen LogP contribution in [0.1, 0.15) is 19.0 Å². The lowest BCUT2D eigenvalue weighted by Crippen LogP contribution is -2.33. The Morgan fingerprint density at radius 2 is 1.96 bits per heavy atom. The first-order chi connectivity index (χ1) is 11.6. The van der Waals surface area contributed by atoms with Crippen LogP contribution in [0.25, 0.3) is 0 Å². The van der Waals surface area contributed by atoms with Crippen molar-refractivity contribution in [1.29, 1.82) is 0 Å². The van der Waals surface area contributed by atoms with Crippen molar-refractivity contribution in [1.82, 2.24) is 9.29 Å². The smallest absolute Gasteiger partial charge is 0.243 e. The van der Waals surface area contributed by atoms with Gasteiger partial charge in [0.2, 0.25) is 16.8 Å². The van der Waals surface area contributed by atoms with Gasteiger partial charge in [0.05, 0.1) is 4.90 Å². The van der Waals surface area contributed by atoms with E-state index in [1.165, 1.54) is 10.4 Å². The Hall–Kier alpha value is -2.12. The number of benzene rings is 1. The number of sulfonamides is 1. The third kappa shape index (κ3) is 3.52. The van der Waals surface area contributed by atoms with Gasteiger partial charge in [-0.3, -0.25) is 4.98 Å². The molecule has 0 bridgehead atoms. The van der Waals surface area contributed by atoms with Gasteiger partial charge in [0.1, 0.15) is 0 Å². The normalized spacial score (nSPS) is 13.4. The molecule has 0 saturated heterocycles. The molecule has 2 heterocycles. The molecule has 0 N–H and O–H groups in total. The first kappa shape index (κ1) is 16.7. The second-order valence-electron chi connectivity index (χ2n) is 5.49. The summed E-state index contributed by atoms with van der Waals surface area (Å²) in [5.41, 5.74) is 0.875. The van der Waals surface area contributed by atoms with Crippen LogP contribution in [0.4, 0.5) is 0 Å². The Bertz CT molecular complexity index is 793. The van der Waals surface area contributed by atoms with Crippen molar-refractivity contribution in [3.8, 4) is 11.5 Å². The maximum atomic E-state index is 13.0. The lowest BCUT2D eigenvalue weighted by Gasteiger charge is -2.21. The average molecular weight is 348 g/mol. The standard InChI is InChI=1S/C17H20N2O4S/c1-2-10-19(11-8-14-5-3-4-9-18-14)24(20,21)15-6-7-16-17(12-15)23-13-22-16/h3-7,9,12H,2,8,10-11,13H2,1H3. The van der Waals surface area contributed by atoms with Crippen LogP contribution in [-0.2, 0) is 16.4 Å². The quantitative estimate of drug-likeness (QED) is 0.769. The van der Waals surface area contributed by atoms with E-state index in [2.05, 4.69) is 4.98 Å². The molecule has 1 aromatic carbocycles. The fraction of sp³-hybridized carbons (Fsp3) is 0.353. The van der Waals surface area contributed by atoms with E-state index in [-0.39, 0.29) is 11.7 Å². The van der Waals surface area contributed by atoms with Crippen LogP contribution >= 0.6 is 0 Å². The second-order valence-corrected chi connectivity index (χ2v) is 7.43. The molecule has 1 aliphatic heterocycles. The topological polar surface area (TPSA) is 68.7 Å². The molecular formula is C17H20N2O4S. The molecule has 1 aliphatic rings. The lowest BCUT2D eigenvalue weighted by atomic mass is 10.3. The van der Waals surface area contributed by atoms with Crippen LogP contribution in [0.3, 0.4) is 0 Å². The number of hydrogen-bond donors (Lipinski definition) is 0. The largest absolute Gasteiger partial charge is 0.454 e. The fourth-order valence-corrected chi connectivity index (χ4v) is 4.12. The highest BCUT2D eigenvalue weighted by atomic mass is 32.2. The first-order valence-electron chi connectivity index (χ1n) is 7.91. The van der Waals surface area contributed by atoms with Gasteiger partial charge in [0.15, 0.2) is 11.5 Å². The Balaban J connectivity index is 1.80. The number of fused-ring (bicyclic) bond motifs is 1. The van der Waals surface area contributed by atoms with E-state index in [0.717, 1.165) is 12.1 Å². The minimum Gasteiger partial charge on any atom is -0.454 e. The molecule has 7 heteroatoms. The fourth-order valence-electron chi connectivity index (χ4n) is 2.57. The summed E-state index contributed by atoms with van der Waals surface area (Å²) in [5, 5.41) is 0. The highest BCUT2D eigenvalue weighted by molar-refractivity contribution is 7.89. The number of ether oxygens (including phenoxy) is 2. The molecule has 6 nitrogen and oxygen atoms in total. The molecule has 24 heavy (non-hydrogen) atoms. The van der Waals surface area contributed by atoms with E-state index in [0.29, 0.717) is 31.0 Å². The van der Waals surface area contributed by atoms with Crippen molar-refractivity contribution in [2.45, 2.75) is 24.7 Å². The average Bonchev–Trinajstić information content (AvgIpc) is 3.07. The molecule has 0 spiro atoms. The Morgan fingerprint density at radius 1 is 1.12 bits per heavy atom. The van der Waals surface area contributed by atoms with Crippen LogP contribution in [0.5, 0.6) is 11.5 Å². The van der Waals surface area contributed by atoms with Crippen LogP contribution in [0.15, 0.2) is 47.5 Å². The summed E-state index contributed by atoms with van der Waals surface area (Å²) in [6, 6.07) is 10.4. The molecule has 0 saturated carbocycles. The van der Waals surface area contributed by atoms with Gasteiger partial charge in [-0.05, 0) is 30.7 Å². The van der Waals surface area contributed by atoms with E-state index >= 15 is 0 Å². The molecule has 0 unspecified atom stereocenters. The zero-order valence-electron chi connectivity index (χ0n) is 13.5. The second kappa shape index (κ2) is 7.19. The Labute approximate surface area is 142 Å². The zero-order valence-corrected chi connectivity index (χ0v) is 14.3. The summed E-state index contributed by atoms with van der Waals surface area (Å²) in [5.74, 6) is 1.04. The number of pyridine rings is 1. The molecule has 0 amide bonds. The van der Waals surface area contributed by atoms with Gasteiger partial charge >= 0.3 is 0 Å². The third-order valence-corrected chi connectivity index (χ3v) is 5.69. The van der Waals surface area contributed by atoms with Gasteiger partial charge in [0.25, 0.3) is 0 Å². The lowest BCUT2D eigenvalue weighted by molar-refractivity contribution is 0.174. The maximum absolute atomic E-state index is 13.0. The number of rotatable bonds is 7. The SMILES string of the molecule is CCCN(CCc1ccccn1)S(=O)(=O)c1ccc2c(c1)OCO2. The predicted octanol–water partition coefficient (Wildman–Crippen LogP) is 2.45. The minimum absolute atomic E-state index is 0.122. The molecule has 3 rings (SSSR count). The molecule has 2 aromatic rings. The van der Waals surface area contributed by atoms with E-state index in [4.69, 9.17) is 9.47 Å². The highest BCUT2D eigenvalue weighted by Crippen LogP contribution is 2.34. The van der Waals surface area contributed by atoms with Crippen molar-refractivity contribution in [2.24, 2.45) is 0 Å².